The zero-order valence-electron chi connectivity index (χ0n) is 7.66. The van der Waals surface area contributed by atoms with Gasteiger partial charge in [0.05, 0.1) is 5.69 Å². The summed E-state index contributed by atoms with van der Waals surface area (Å²) in [6, 6.07) is 0. The van der Waals surface area contributed by atoms with Gasteiger partial charge in [0.2, 0.25) is 0 Å². The molecule has 0 radical (unpaired) electrons. The van der Waals surface area contributed by atoms with Crippen LogP contribution in [-0.2, 0) is 0 Å². The molecule has 1 heterocycles. The summed E-state index contributed by atoms with van der Waals surface area (Å²) in [7, 11) is 3.63. The van der Waals surface area contributed by atoms with Crippen LogP contribution in [0.2, 0.25) is 0 Å². The van der Waals surface area contributed by atoms with Crippen LogP contribution in [-0.4, -0.2) is 35.2 Å². The SMILES string of the molecule is Cc1nc(NN(C)C)sc1C(=O)O. The van der Waals surface area contributed by atoms with E-state index in [1.54, 1.807) is 11.9 Å². The first-order valence-electron chi connectivity index (χ1n) is 3.65. The molecule has 0 spiro atoms. The predicted molar refractivity (Wildman–Crippen MR) is 51.1 cm³/mol. The summed E-state index contributed by atoms with van der Waals surface area (Å²) in [6.07, 6.45) is 0. The van der Waals surface area contributed by atoms with Crippen molar-refractivity contribution in [2.75, 3.05) is 19.5 Å². The van der Waals surface area contributed by atoms with Crippen LogP contribution in [0.3, 0.4) is 0 Å². The zero-order valence-corrected chi connectivity index (χ0v) is 8.47. The third-order valence-electron chi connectivity index (χ3n) is 1.31. The summed E-state index contributed by atoms with van der Waals surface area (Å²) in [5, 5.41) is 11.1. The van der Waals surface area contributed by atoms with Gasteiger partial charge in [0.25, 0.3) is 0 Å². The van der Waals surface area contributed by atoms with E-state index in [4.69, 9.17) is 5.11 Å². The molecular formula is C7H11N3O2S. The highest BCUT2D eigenvalue weighted by molar-refractivity contribution is 7.17. The number of anilines is 1. The van der Waals surface area contributed by atoms with Crippen molar-refractivity contribution in [3.8, 4) is 0 Å². The Morgan fingerprint density at radius 2 is 2.23 bits per heavy atom. The summed E-state index contributed by atoms with van der Waals surface area (Å²) in [5.41, 5.74) is 3.44. The maximum atomic E-state index is 10.6. The molecule has 0 fully saturated rings. The topological polar surface area (TPSA) is 65.5 Å². The number of carbonyl (C=O) groups is 1. The Labute approximate surface area is 80.0 Å². The summed E-state index contributed by atoms with van der Waals surface area (Å²) >= 11 is 1.13. The smallest absolute Gasteiger partial charge is 0.347 e. The van der Waals surface area contributed by atoms with Crippen LogP contribution in [0, 0.1) is 6.92 Å². The standard InChI is InChI=1S/C7H11N3O2S/c1-4-5(6(11)12)13-7(8-4)9-10(2)3/h1-3H3,(H,8,9)(H,11,12). The van der Waals surface area contributed by atoms with Crippen molar-refractivity contribution in [1.82, 2.24) is 9.99 Å². The van der Waals surface area contributed by atoms with Crippen molar-refractivity contribution in [1.29, 1.82) is 0 Å². The normalized spacial score (nSPS) is 10.5. The zero-order chi connectivity index (χ0) is 10.0. The molecule has 5 nitrogen and oxygen atoms in total. The highest BCUT2D eigenvalue weighted by atomic mass is 32.1. The second-order valence-electron chi connectivity index (χ2n) is 2.74. The lowest BCUT2D eigenvalue weighted by Gasteiger charge is -2.08. The molecule has 0 saturated heterocycles. The van der Waals surface area contributed by atoms with E-state index in [9.17, 15) is 4.79 Å². The van der Waals surface area contributed by atoms with E-state index in [1.165, 1.54) is 0 Å². The Morgan fingerprint density at radius 3 is 2.62 bits per heavy atom. The van der Waals surface area contributed by atoms with Crippen LogP contribution < -0.4 is 5.43 Å². The molecule has 0 aromatic carbocycles. The number of rotatable bonds is 3. The third-order valence-corrected chi connectivity index (χ3v) is 2.36. The maximum Gasteiger partial charge on any atom is 0.347 e. The van der Waals surface area contributed by atoms with Crippen LogP contribution in [0.15, 0.2) is 0 Å². The van der Waals surface area contributed by atoms with Crippen LogP contribution in [0.25, 0.3) is 0 Å². The molecule has 0 aliphatic heterocycles. The van der Waals surface area contributed by atoms with Gasteiger partial charge in [0.15, 0.2) is 5.13 Å². The number of nitrogens with zero attached hydrogens (tertiary/aromatic N) is 2. The predicted octanol–water partition coefficient (Wildman–Crippen LogP) is 1.04. The van der Waals surface area contributed by atoms with E-state index < -0.39 is 5.97 Å². The highest BCUT2D eigenvalue weighted by Crippen LogP contribution is 2.22. The van der Waals surface area contributed by atoms with Crippen molar-refractivity contribution >= 4 is 22.4 Å². The molecule has 1 aromatic heterocycles. The fourth-order valence-electron chi connectivity index (χ4n) is 0.834. The van der Waals surface area contributed by atoms with Gasteiger partial charge in [-0.2, -0.15) is 0 Å². The number of carboxylic acids is 1. The first-order valence-corrected chi connectivity index (χ1v) is 4.47. The minimum atomic E-state index is -0.929. The lowest BCUT2D eigenvalue weighted by molar-refractivity contribution is 0.0701. The van der Waals surface area contributed by atoms with Crippen molar-refractivity contribution in [3.05, 3.63) is 10.6 Å². The number of aromatic nitrogens is 1. The van der Waals surface area contributed by atoms with Crippen molar-refractivity contribution in [3.63, 3.8) is 0 Å². The number of carboxylic acid groups (broad SMARTS) is 1. The second kappa shape index (κ2) is 3.71. The molecule has 0 bridgehead atoms. The molecule has 0 aliphatic rings. The Hall–Kier alpha value is -1.14. The maximum absolute atomic E-state index is 10.6. The van der Waals surface area contributed by atoms with E-state index in [0.717, 1.165) is 11.3 Å². The number of hydrazine groups is 1. The van der Waals surface area contributed by atoms with Gasteiger partial charge in [-0.3, -0.25) is 5.43 Å². The monoisotopic (exact) mass is 201 g/mol. The molecule has 0 saturated carbocycles. The van der Waals surface area contributed by atoms with Gasteiger partial charge in [0.1, 0.15) is 4.88 Å². The minimum absolute atomic E-state index is 0.282. The Morgan fingerprint density at radius 1 is 1.62 bits per heavy atom. The molecule has 1 aromatic rings. The van der Waals surface area contributed by atoms with Crippen LogP contribution in [0.5, 0.6) is 0 Å². The minimum Gasteiger partial charge on any atom is -0.477 e. The number of aromatic carboxylic acids is 1. The van der Waals surface area contributed by atoms with Crippen molar-refractivity contribution < 1.29 is 9.90 Å². The Balaban J connectivity index is 2.89. The van der Waals surface area contributed by atoms with Crippen LogP contribution in [0.1, 0.15) is 15.4 Å². The van der Waals surface area contributed by atoms with E-state index in [2.05, 4.69) is 10.4 Å². The van der Waals surface area contributed by atoms with E-state index in [1.807, 2.05) is 14.1 Å². The van der Waals surface area contributed by atoms with Gasteiger partial charge in [-0.15, -0.1) is 0 Å². The van der Waals surface area contributed by atoms with Crippen LogP contribution >= 0.6 is 11.3 Å². The molecule has 0 atom stereocenters. The van der Waals surface area contributed by atoms with Crippen molar-refractivity contribution in [2.24, 2.45) is 0 Å². The van der Waals surface area contributed by atoms with Crippen LogP contribution in [0.4, 0.5) is 5.13 Å². The van der Waals surface area contributed by atoms with Gasteiger partial charge in [-0.05, 0) is 6.92 Å². The summed E-state index contributed by atoms with van der Waals surface area (Å²) < 4.78 is 0. The highest BCUT2D eigenvalue weighted by Gasteiger charge is 2.13. The summed E-state index contributed by atoms with van der Waals surface area (Å²) in [4.78, 5) is 15.0. The van der Waals surface area contributed by atoms with Gasteiger partial charge in [0, 0.05) is 14.1 Å². The number of hydrogen-bond acceptors (Lipinski definition) is 5. The number of hydrogen-bond donors (Lipinski definition) is 2. The molecule has 0 amide bonds. The first kappa shape index (κ1) is 9.94. The molecule has 0 unspecified atom stereocenters. The number of aryl methyl sites for hydroxylation is 1. The van der Waals surface area contributed by atoms with Crippen molar-refractivity contribution in [2.45, 2.75) is 6.92 Å². The fraction of sp³-hybridized carbons (Fsp3) is 0.429. The second-order valence-corrected chi connectivity index (χ2v) is 3.74. The van der Waals surface area contributed by atoms with E-state index >= 15 is 0 Å². The fourth-order valence-corrected chi connectivity index (χ4v) is 1.72. The van der Waals surface area contributed by atoms with Gasteiger partial charge >= 0.3 is 5.97 Å². The van der Waals surface area contributed by atoms with E-state index in [0.29, 0.717) is 10.8 Å². The first-order chi connectivity index (χ1) is 6.00. The number of nitrogens with one attached hydrogen (secondary N) is 1. The van der Waals surface area contributed by atoms with Gasteiger partial charge in [-0.25, -0.2) is 14.8 Å². The third kappa shape index (κ3) is 2.40. The Bertz CT molecular complexity index is 322. The summed E-state index contributed by atoms with van der Waals surface area (Å²) in [5.74, 6) is -0.929. The lowest BCUT2D eigenvalue weighted by atomic mass is 10.4. The molecule has 72 valence electrons. The molecule has 0 aliphatic carbocycles. The largest absolute Gasteiger partial charge is 0.477 e. The molecule has 1 rings (SSSR count). The lowest BCUT2D eigenvalue weighted by Crippen LogP contribution is -2.19. The summed E-state index contributed by atoms with van der Waals surface area (Å²) in [6.45, 7) is 1.68. The van der Waals surface area contributed by atoms with Gasteiger partial charge in [-0.1, -0.05) is 11.3 Å². The number of thiazole rings is 1. The molecule has 2 N–H and O–H groups in total. The quantitative estimate of drug-likeness (QED) is 0.715. The van der Waals surface area contributed by atoms with Gasteiger partial charge < -0.3 is 5.11 Å². The Kier molecular flexibility index (Phi) is 2.84. The average Bonchev–Trinajstić information content (AvgIpc) is 2.29. The molecule has 6 heteroatoms. The molecular weight excluding hydrogens is 190 g/mol. The molecule has 13 heavy (non-hydrogen) atoms. The average molecular weight is 201 g/mol. The van der Waals surface area contributed by atoms with E-state index in [-0.39, 0.29) is 4.88 Å².